The maximum atomic E-state index is 10.5. The first-order chi connectivity index (χ1) is 10.7. The summed E-state index contributed by atoms with van der Waals surface area (Å²) in [5.74, 6) is 2.18. The average Bonchev–Trinajstić information content (AvgIpc) is 2.79. The van der Waals surface area contributed by atoms with Gasteiger partial charge in [-0.2, -0.15) is 0 Å². The average molecular weight is 319 g/mol. The summed E-state index contributed by atoms with van der Waals surface area (Å²) in [6.45, 7) is 9.32. The normalized spacial score (nSPS) is 54.7. The molecule has 0 aliphatic heterocycles. The topological polar surface area (TPSA) is 40.5 Å². The number of allylic oxidation sites excluding steroid dienone is 1. The first-order valence-electron chi connectivity index (χ1n) is 9.78. The predicted molar refractivity (Wildman–Crippen MR) is 92.9 cm³/mol. The fourth-order valence-electron chi connectivity index (χ4n) is 7.36. The van der Waals surface area contributed by atoms with Gasteiger partial charge in [0.05, 0.1) is 12.2 Å². The molecule has 0 aromatic heterocycles. The maximum Gasteiger partial charge on any atom is 0.0628 e. The van der Waals surface area contributed by atoms with Gasteiger partial charge in [-0.1, -0.05) is 39.3 Å². The quantitative estimate of drug-likeness (QED) is 0.654. The zero-order chi connectivity index (χ0) is 16.6. The van der Waals surface area contributed by atoms with Crippen LogP contribution in [0.3, 0.4) is 0 Å². The molecule has 4 rings (SSSR count). The van der Waals surface area contributed by atoms with Crippen molar-refractivity contribution in [3.05, 3.63) is 11.6 Å². The van der Waals surface area contributed by atoms with Gasteiger partial charge in [-0.25, -0.2) is 0 Å². The van der Waals surface area contributed by atoms with E-state index in [9.17, 15) is 10.2 Å². The summed E-state index contributed by atoms with van der Waals surface area (Å²) in [6.07, 6.45) is 10.1. The molecule has 2 heteroatoms. The molecule has 23 heavy (non-hydrogen) atoms. The molecule has 0 saturated heterocycles. The Hall–Kier alpha value is -0.340. The first kappa shape index (κ1) is 16.1. The van der Waals surface area contributed by atoms with E-state index in [1.807, 2.05) is 0 Å². The number of fused-ring (bicyclic) bond motifs is 5. The summed E-state index contributed by atoms with van der Waals surface area (Å²) in [7, 11) is 0. The molecule has 4 aliphatic rings. The van der Waals surface area contributed by atoms with Crippen molar-refractivity contribution in [1.29, 1.82) is 0 Å². The Balaban J connectivity index is 1.73. The Morgan fingerprint density at radius 3 is 2.35 bits per heavy atom. The Morgan fingerprint density at radius 2 is 1.61 bits per heavy atom. The molecule has 3 saturated carbocycles. The summed E-state index contributed by atoms with van der Waals surface area (Å²) in [5.41, 5.74) is 1.88. The van der Waals surface area contributed by atoms with E-state index in [0.29, 0.717) is 5.92 Å². The first-order valence-corrected chi connectivity index (χ1v) is 9.78. The van der Waals surface area contributed by atoms with Crippen molar-refractivity contribution in [2.45, 2.75) is 84.8 Å². The monoisotopic (exact) mass is 318 g/mol. The molecule has 0 unspecified atom stereocenters. The Labute approximate surface area is 141 Å². The Morgan fingerprint density at radius 1 is 0.870 bits per heavy atom. The van der Waals surface area contributed by atoms with Gasteiger partial charge in [0.1, 0.15) is 0 Å². The summed E-state index contributed by atoms with van der Waals surface area (Å²) in [4.78, 5) is 0. The van der Waals surface area contributed by atoms with Gasteiger partial charge in [0.15, 0.2) is 0 Å². The third kappa shape index (κ3) is 1.94. The fraction of sp³-hybridized carbons (Fsp3) is 0.905. The van der Waals surface area contributed by atoms with Gasteiger partial charge >= 0.3 is 0 Å². The zero-order valence-electron chi connectivity index (χ0n) is 15.3. The van der Waals surface area contributed by atoms with Crippen molar-refractivity contribution in [1.82, 2.24) is 0 Å². The minimum atomic E-state index is -0.194. The van der Waals surface area contributed by atoms with Crippen molar-refractivity contribution in [2.75, 3.05) is 0 Å². The SMILES string of the molecule is CC1(C)C2=CC[C@H]3[C@@H]4CC[C@H](O)[C@@]4(C)CC[C@@H]3[C@@]2(C)CC[C@H]1O. The third-order valence-corrected chi connectivity index (χ3v) is 8.88. The van der Waals surface area contributed by atoms with Crippen LogP contribution < -0.4 is 0 Å². The van der Waals surface area contributed by atoms with E-state index in [1.54, 1.807) is 0 Å². The second kappa shape index (κ2) is 4.85. The molecule has 2 nitrogen and oxygen atoms in total. The molecule has 130 valence electrons. The molecular formula is C21H34O2. The number of hydrogen-bond donors (Lipinski definition) is 2. The molecule has 0 heterocycles. The molecular weight excluding hydrogens is 284 g/mol. The summed E-state index contributed by atoms with van der Waals surface area (Å²) >= 11 is 0. The van der Waals surface area contributed by atoms with Gasteiger partial charge < -0.3 is 10.2 Å². The molecule has 2 N–H and O–H groups in total. The molecule has 0 aromatic carbocycles. The maximum absolute atomic E-state index is 10.5. The molecule has 0 amide bonds. The van der Waals surface area contributed by atoms with Gasteiger partial charge in [-0.15, -0.1) is 0 Å². The molecule has 4 aliphatic carbocycles. The highest BCUT2D eigenvalue weighted by Gasteiger charge is 2.60. The van der Waals surface area contributed by atoms with Gasteiger partial charge in [-0.05, 0) is 73.5 Å². The van der Waals surface area contributed by atoms with E-state index in [1.165, 1.54) is 31.3 Å². The minimum Gasteiger partial charge on any atom is -0.393 e. The third-order valence-electron chi connectivity index (χ3n) is 8.88. The van der Waals surface area contributed by atoms with E-state index in [0.717, 1.165) is 31.1 Å². The highest BCUT2D eigenvalue weighted by molar-refractivity contribution is 5.31. The van der Waals surface area contributed by atoms with Crippen LogP contribution in [0.5, 0.6) is 0 Å². The second-order valence-corrected chi connectivity index (χ2v) is 10.1. The van der Waals surface area contributed by atoms with E-state index in [2.05, 4.69) is 33.8 Å². The molecule has 0 spiro atoms. The van der Waals surface area contributed by atoms with Crippen molar-refractivity contribution in [3.8, 4) is 0 Å². The standard InChI is InChI=1S/C21H34O2/c1-19(2)16-7-5-13-14-6-8-18(23)21(14,4)11-9-15(13)20(16,3)12-10-17(19)22/h7,13-15,17-18,22-23H,5-6,8-12H2,1-4H3/t13-,14-,15-,17+,18-,20+,21-/m0/s1. The van der Waals surface area contributed by atoms with Crippen LogP contribution in [0.1, 0.15) is 72.6 Å². The number of hydrogen-bond acceptors (Lipinski definition) is 2. The van der Waals surface area contributed by atoms with Crippen LogP contribution in [-0.4, -0.2) is 22.4 Å². The lowest BCUT2D eigenvalue weighted by Gasteiger charge is -2.60. The predicted octanol–water partition coefficient (Wildman–Crippen LogP) is 4.31. The molecule has 7 atom stereocenters. The highest BCUT2D eigenvalue weighted by Crippen LogP contribution is 2.66. The fourth-order valence-corrected chi connectivity index (χ4v) is 7.36. The Bertz CT molecular complexity index is 536. The van der Waals surface area contributed by atoms with E-state index in [-0.39, 0.29) is 28.5 Å². The lowest BCUT2D eigenvalue weighted by molar-refractivity contribution is -0.0870. The van der Waals surface area contributed by atoms with Gasteiger partial charge in [0.2, 0.25) is 0 Å². The number of aliphatic hydroxyl groups is 2. The van der Waals surface area contributed by atoms with Crippen molar-refractivity contribution < 1.29 is 10.2 Å². The van der Waals surface area contributed by atoms with Crippen LogP contribution >= 0.6 is 0 Å². The Kier molecular flexibility index (Phi) is 3.40. The minimum absolute atomic E-state index is 0.0755. The second-order valence-electron chi connectivity index (χ2n) is 10.1. The van der Waals surface area contributed by atoms with Gasteiger partial charge in [0.25, 0.3) is 0 Å². The van der Waals surface area contributed by atoms with E-state index < -0.39 is 0 Å². The lowest BCUT2D eigenvalue weighted by Crippen LogP contribution is -2.54. The highest BCUT2D eigenvalue weighted by atomic mass is 16.3. The van der Waals surface area contributed by atoms with Crippen molar-refractivity contribution in [2.24, 2.45) is 34.0 Å². The van der Waals surface area contributed by atoms with Gasteiger partial charge in [0, 0.05) is 5.41 Å². The van der Waals surface area contributed by atoms with Crippen molar-refractivity contribution >= 4 is 0 Å². The molecule has 0 bridgehead atoms. The van der Waals surface area contributed by atoms with Crippen LogP contribution in [0.15, 0.2) is 11.6 Å². The van der Waals surface area contributed by atoms with Crippen LogP contribution in [0.4, 0.5) is 0 Å². The molecule has 0 aromatic rings. The van der Waals surface area contributed by atoms with Crippen molar-refractivity contribution in [3.63, 3.8) is 0 Å². The lowest BCUT2D eigenvalue weighted by atomic mass is 9.45. The summed E-state index contributed by atoms with van der Waals surface area (Å²) in [6, 6.07) is 0. The van der Waals surface area contributed by atoms with Crippen LogP contribution in [0, 0.1) is 34.0 Å². The van der Waals surface area contributed by atoms with E-state index in [4.69, 9.17) is 0 Å². The smallest absolute Gasteiger partial charge is 0.0628 e. The molecule has 3 fully saturated rings. The van der Waals surface area contributed by atoms with Crippen LogP contribution in [-0.2, 0) is 0 Å². The van der Waals surface area contributed by atoms with E-state index >= 15 is 0 Å². The summed E-state index contributed by atoms with van der Waals surface area (Å²) in [5, 5.41) is 21.1. The largest absolute Gasteiger partial charge is 0.393 e. The molecule has 0 radical (unpaired) electrons. The number of aliphatic hydroxyl groups excluding tert-OH is 2. The summed E-state index contributed by atoms with van der Waals surface area (Å²) < 4.78 is 0. The van der Waals surface area contributed by atoms with Crippen LogP contribution in [0.25, 0.3) is 0 Å². The van der Waals surface area contributed by atoms with Crippen LogP contribution in [0.2, 0.25) is 0 Å². The number of rotatable bonds is 0. The zero-order valence-corrected chi connectivity index (χ0v) is 15.3. The van der Waals surface area contributed by atoms with Gasteiger partial charge in [-0.3, -0.25) is 0 Å².